The fourth-order valence-corrected chi connectivity index (χ4v) is 4.87. The number of rotatable bonds is 8. The van der Waals surface area contributed by atoms with Crippen LogP contribution in [-0.4, -0.2) is 74.2 Å². The number of nitrogens with one attached hydrogen (secondary N) is 1. The van der Waals surface area contributed by atoms with Gasteiger partial charge < -0.3 is 20.2 Å². The number of aliphatic hydroxyl groups is 1. The van der Waals surface area contributed by atoms with Crippen molar-refractivity contribution < 1.29 is 5.11 Å². The summed E-state index contributed by atoms with van der Waals surface area (Å²) in [6.45, 7) is 14.1. The summed E-state index contributed by atoms with van der Waals surface area (Å²) in [5.41, 5.74) is 3.66. The number of pyridine rings is 1. The Kier molecular flexibility index (Phi) is 7.24. The minimum Gasteiger partial charge on any atom is -0.395 e. The van der Waals surface area contributed by atoms with Gasteiger partial charge in [0.1, 0.15) is 5.39 Å². The average molecular weight is 529 g/mol. The standard InChI is InChI=1S/C29H36N8O2/c1-6-12-36-27(39)22-18-30-28(31-21-10-11-23(20(2)17-21)35-15-13-34(5)14-16-35)33-26(22)37(36)25-9-7-8-24(32-25)29(3,4)19-38/h6-11,17-18,38H,1,12-16,19H2,2-5H3,(H,30,31,33). The Morgan fingerprint density at radius 1 is 1.13 bits per heavy atom. The number of likely N-dealkylation sites (N-methyl/N-ethyl adjacent to an activating group) is 1. The molecule has 1 aromatic carbocycles. The van der Waals surface area contributed by atoms with Crippen molar-refractivity contribution in [2.75, 3.05) is 50.1 Å². The summed E-state index contributed by atoms with van der Waals surface area (Å²) in [4.78, 5) is 32.1. The maximum absolute atomic E-state index is 13.3. The lowest BCUT2D eigenvalue weighted by molar-refractivity contribution is 0.215. The number of allylic oxidation sites excluding steroid dienone is 1. The Hall–Kier alpha value is -4.02. The Morgan fingerprint density at radius 2 is 1.90 bits per heavy atom. The highest BCUT2D eigenvalue weighted by Crippen LogP contribution is 2.27. The number of aryl methyl sites for hydroxylation is 1. The van der Waals surface area contributed by atoms with Crippen molar-refractivity contribution >= 4 is 28.4 Å². The number of aromatic nitrogens is 5. The number of hydrogen-bond donors (Lipinski definition) is 2. The zero-order valence-electron chi connectivity index (χ0n) is 23.1. The normalized spacial score (nSPS) is 14.6. The van der Waals surface area contributed by atoms with E-state index in [0.29, 0.717) is 28.5 Å². The molecule has 4 aromatic rings. The lowest BCUT2D eigenvalue weighted by Crippen LogP contribution is -2.44. The van der Waals surface area contributed by atoms with E-state index in [-0.39, 0.29) is 18.7 Å². The molecular formula is C29H36N8O2. The molecular weight excluding hydrogens is 492 g/mol. The molecule has 0 radical (unpaired) electrons. The number of benzene rings is 1. The number of hydrogen-bond acceptors (Lipinski definition) is 8. The van der Waals surface area contributed by atoms with Crippen LogP contribution in [0.5, 0.6) is 0 Å². The first-order valence-electron chi connectivity index (χ1n) is 13.2. The van der Waals surface area contributed by atoms with Crippen molar-refractivity contribution in [3.63, 3.8) is 0 Å². The predicted octanol–water partition coefficient (Wildman–Crippen LogP) is 3.24. The molecule has 0 atom stereocenters. The van der Waals surface area contributed by atoms with Gasteiger partial charge in [0, 0.05) is 49.2 Å². The Bertz CT molecular complexity index is 1560. The smallest absolute Gasteiger partial charge is 0.278 e. The number of aliphatic hydroxyl groups excluding tert-OH is 1. The van der Waals surface area contributed by atoms with Crippen LogP contribution in [-0.2, 0) is 12.0 Å². The van der Waals surface area contributed by atoms with Crippen LogP contribution < -0.4 is 15.8 Å². The average Bonchev–Trinajstić information content (AvgIpc) is 3.20. The van der Waals surface area contributed by atoms with Crippen LogP contribution in [0.4, 0.5) is 17.3 Å². The van der Waals surface area contributed by atoms with Gasteiger partial charge in [-0.1, -0.05) is 26.0 Å². The van der Waals surface area contributed by atoms with Crippen molar-refractivity contribution in [1.29, 1.82) is 0 Å². The molecule has 2 N–H and O–H groups in total. The van der Waals surface area contributed by atoms with Gasteiger partial charge in [-0.3, -0.25) is 4.79 Å². The number of anilines is 3. The summed E-state index contributed by atoms with van der Waals surface area (Å²) in [6, 6.07) is 11.8. The molecule has 5 rings (SSSR count). The van der Waals surface area contributed by atoms with E-state index in [0.717, 1.165) is 31.9 Å². The molecule has 39 heavy (non-hydrogen) atoms. The maximum atomic E-state index is 13.3. The predicted molar refractivity (Wildman–Crippen MR) is 155 cm³/mol. The summed E-state index contributed by atoms with van der Waals surface area (Å²) in [5.74, 6) is 0.908. The van der Waals surface area contributed by atoms with Gasteiger partial charge in [0.25, 0.3) is 5.56 Å². The van der Waals surface area contributed by atoms with Gasteiger partial charge in [-0.05, 0) is 49.9 Å². The molecule has 0 bridgehead atoms. The van der Waals surface area contributed by atoms with E-state index in [4.69, 9.17) is 9.97 Å². The summed E-state index contributed by atoms with van der Waals surface area (Å²) in [6.07, 6.45) is 3.21. The minimum atomic E-state index is -0.543. The summed E-state index contributed by atoms with van der Waals surface area (Å²) < 4.78 is 3.24. The van der Waals surface area contributed by atoms with Crippen LogP contribution in [0.15, 0.2) is 60.0 Å². The van der Waals surface area contributed by atoms with Gasteiger partial charge in [-0.15, -0.1) is 6.58 Å². The van der Waals surface area contributed by atoms with E-state index in [9.17, 15) is 9.90 Å². The SMILES string of the molecule is C=CCn1c(=O)c2cnc(Nc3ccc(N4CCN(C)CC4)c(C)c3)nc2n1-c1cccc(C(C)(C)CO)n1. The van der Waals surface area contributed by atoms with Crippen molar-refractivity contribution in [3.05, 3.63) is 76.9 Å². The molecule has 3 aromatic heterocycles. The van der Waals surface area contributed by atoms with Crippen LogP contribution in [0.2, 0.25) is 0 Å². The van der Waals surface area contributed by atoms with Gasteiger partial charge in [-0.25, -0.2) is 19.3 Å². The third kappa shape index (κ3) is 5.17. The number of nitrogens with zero attached hydrogens (tertiary/aromatic N) is 7. The molecule has 204 valence electrons. The van der Waals surface area contributed by atoms with Crippen LogP contribution in [0, 0.1) is 6.92 Å². The number of fused-ring (bicyclic) bond motifs is 1. The molecule has 0 unspecified atom stereocenters. The second-order valence-electron chi connectivity index (χ2n) is 10.8. The molecule has 0 amide bonds. The summed E-state index contributed by atoms with van der Waals surface area (Å²) >= 11 is 0. The molecule has 0 aliphatic carbocycles. The Balaban J connectivity index is 1.52. The molecule has 4 heterocycles. The van der Waals surface area contributed by atoms with Crippen LogP contribution in [0.25, 0.3) is 16.9 Å². The lowest BCUT2D eigenvalue weighted by Gasteiger charge is -2.35. The largest absolute Gasteiger partial charge is 0.395 e. The molecule has 1 saturated heterocycles. The molecule has 1 aliphatic heterocycles. The van der Waals surface area contributed by atoms with Crippen LogP contribution >= 0.6 is 0 Å². The van der Waals surface area contributed by atoms with E-state index in [1.807, 2.05) is 38.1 Å². The topological polar surface area (TPSA) is 104 Å². The second-order valence-corrected chi connectivity index (χ2v) is 10.8. The fourth-order valence-electron chi connectivity index (χ4n) is 4.87. The van der Waals surface area contributed by atoms with Gasteiger partial charge in [0.2, 0.25) is 5.95 Å². The highest BCUT2D eigenvalue weighted by Gasteiger charge is 2.24. The van der Waals surface area contributed by atoms with E-state index < -0.39 is 5.41 Å². The third-order valence-corrected chi connectivity index (χ3v) is 7.31. The molecule has 0 saturated carbocycles. The van der Waals surface area contributed by atoms with E-state index in [1.54, 1.807) is 21.6 Å². The molecule has 10 nitrogen and oxygen atoms in total. The van der Waals surface area contributed by atoms with Gasteiger partial charge >= 0.3 is 0 Å². The second kappa shape index (κ2) is 10.6. The van der Waals surface area contributed by atoms with Crippen molar-refractivity contribution in [1.82, 2.24) is 29.2 Å². The minimum absolute atomic E-state index is 0.0569. The summed E-state index contributed by atoms with van der Waals surface area (Å²) in [5, 5.41) is 13.6. The van der Waals surface area contributed by atoms with Gasteiger partial charge in [0.05, 0.1) is 18.8 Å². The molecule has 10 heteroatoms. The zero-order chi connectivity index (χ0) is 27.7. The Labute approximate surface area is 228 Å². The monoisotopic (exact) mass is 528 g/mol. The van der Waals surface area contributed by atoms with Crippen molar-refractivity contribution in [3.8, 4) is 5.82 Å². The van der Waals surface area contributed by atoms with Gasteiger partial charge in [-0.2, -0.15) is 4.98 Å². The van der Waals surface area contributed by atoms with E-state index >= 15 is 0 Å². The van der Waals surface area contributed by atoms with E-state index in [2.05, 4.69) is 52.8 Å². The molecule has 1 fully saturated rings. The Morgan fingerprint density at radius 3 is 2.59 bits per heavy atom. The first-order valence-corrected chi connectivity index (χ1v) is 13.2. The van der Waals surface area contributed by atoms with Crippen LogP contribution in [0.3, 0.4) is 0 Å². The van der Waals surface area contributed by atoms with Crippen molar-refractivity contribution in [2.45, 2.75) is 32.7 Å². The molecule has 1 aliphatic rings. The zero-order valence-corrected chi connectivity index (χ0v) is 23.1. The lowest BCUT2D eigenvalue weighted by atomic mass is 9.90. The van der Waals surface area contributed by atoms with Crippen molar-refractivity contribution in [2.24, 2.45) is 0 Å². The third-order valence-electron chi connectivity index (χ3n) is 7.31. The first-order chi connectivity index (χ1) is 18.7. The van der Waals surface area contributed by atoms with E-state index in [1.165, 1.54) is 11.3 Å². The maximum Gasteiger partial charge on any atom is 0.278 e. The quantitative estimate of drug-likeness (QED) is 0.336. The first kappa shape index (κ1) is 26.6. The fraction of sp³-hybridized carbons (Fsp3) is 0.379. The van der Waals surface area contributed by atoms with Crippen LogP contribution in [0.1, 0.15) is 25.1 Å². The highest BCUT2D eigenvalue weighted by atomic mass is 16.3. The molecule has 0 spiro atoms. The summed E-state index contributed by atoms with van der Waals surface area (Å²) in [7, 11) is 2.15. The highest BCUT2D eigenvalue weighted by molar-refractivity contribution is 5.77. The van der Waals surface area contributed by atoms with Gasteiger partial charge in [0.15, 0.2) is 11.5 Å². The number of piperazine rings is 1.